The van der Waals surface area contributed by atoms with E-state index in [0.29, 0.717) is 10.8 Å². The van der Waals surface area contributed by atoms with Gasteiger partial charge in [-0.2, -0.15) is 0 Å². The normalized spacial score (nSPS) is 39.4. The van der Waals surface area contributed by atoms with Crippen LogP contribution in [0.15, 0.2) is 10.6 Å². The molecule has 4 rings (SSSR count). The molecule has 1 aromatic rings. The average molecular weight is 191 g/mol. The quantitative estimate of drug-likeness (QED) is 0.718. The molecule has 3 fully saturated rings. The van der Waals surface area contributed by atoms with E-state index >= 15 is 0 Å². The van der Waals surface area contributed by atoms with Gasteiger partial charge in [-0.15, -0.1) is 0 Å². The third-order valence-corrected chi connectivity index (χ3v) is 4.45. The molecule has 2 heteroatoms. The minimum Gasteiger partial charge on any atom is -0.361 e. The van der Waals surface area contributed by atoms with E-state index in [4.69, 9.17) is 4.52 Å². The fourth-order valence-electron chi connectivity index (χ4n) is 3.35. The van der Waals surface area contributed by atoms with Crippen LogP contribution in [-0.4, -0.2) is 5.16 Å². The van der Waals surface area contributed by atoms with E-state index in [1.807, 2.05) is 6.92 Å². The van der Waals surface area contributed by atoms with Gasteiger partial charge in [0.05, 0.1) is 5.69 Å². The second kappa shape index (κ2) is 2.23. The van der Waals surface area contributed by atoms with Crippen molar-refractivity contribution in [3.05, 3.63) is 17.5 Å². The maximum Gasteiger partial charge on any atom is 0.143 e. The average Bonchev–Trinajstić information content (AvgIpc) is 2.28. The lowest BCUT2D eigenvalue weighted by Gasteiger charge is -2.71. The molecule has 14 heavy (non-hydrogen) atoms. The van der Waals surface area contributed by atoms with Crippen molar-refractivity contribution < 1.29 is 4.52 Å². The van der Waals surface area contributed by atoms with Crippen molar-refractivity contribution >= 4 is 0 Å². The Kier molecular flexibility index (Phi) is 1.36. The maximum absolute atomic E-state index is 5.38. The summed E-state index contributed by atoms with van der Waals surface area (Å²) in [5.41, 5.74) is 2.06. The molecule has 0 unspecified atom stereocenters. The summed E-state index contributed by atoms with van der Waals surface area (Å²) in [7, 11) is 0. The zero-order chi connectivity index (χ0) is 9.97. The van der Waals surface area contributed by atoms with Gasteiger partial charge in [0.2, 0.25) is 0 Å². The highest BCUT2D eigenvalue weighted by atomic mass is 16.5. The highest BCUT2D eigenvalue weighted by Crippen LogP contribution is 2.76. The highest BCUT2D eigenvalue weighted by molar-refractivity contribution is 5.33. The molecule has 0 saturated heterocycles. The van der Waals surface area contributed by atoms with Crippen LogP contribution in [-0.2, 0) is 5.41 Å². The minimum absolute atomic E-state index is 0.394. The molecule has 0 aromatic carbocycles. The van der Waals surface area contributed by atoms with Crippen molar-refractivity contribution in [2.45, 2.75) is 45.4 Å². The molecule has 3 aliphatic rings. The van der Waals surface area contributed by atoms with Crippen LogP contribution in [0, 0.1) is 18.3 Å². The predicted octanol–water partition coefficient (Wildman–Crippen LogP) is 3.06. The Morgan fingerprint density at radius 1 is 1.36 bits per heavy atom. The van der Waals surface area contributed by atoms with Gasteiger partial charge in [0, 0.05) is 11.5 Å². The lowest BCUT2D eigenvalue weighted by Crippen LogP contribution is -2.66. The topological polar surface area (TPSA) is 26.0 Å². The van der Waals surface area contributed by atoms with Crippen LogP contribution in [0.1, 0.15) is 44.6 Å². The van der Waals surface area contributed by atoms with E-state index in [-0.39, 0.29) is 0 Å². The van der Waals surface area contributed by atoms with E-state index in [1.165, 1.54) is 19.3 Å². The van der Waals surface area contributed by atoms with Crippen LogP contribution in [0.5, 0.6) is 0 Å². The van der Waals surface area contributed by atoms with Crippen molar-refractivity contribution in [3.63, 3.8) is 0 Å². The molecule has 0 spiro atoms. The molecule has 1 heterocycles. The Balaban J connectivity index is 1.81. The second-order valence-corrected chi connectivity index (χ2v) is 5.66. The molecule has 0 aliphatic heterocycles. The zero-order valence-electron chi connectivity index (χ0n) is 9.13. The zero-order valence-corrected chi connectivity index (χ0v) is 9.13. The van der Waals surface area contributed by atoms with E-state index in [2.05, 4.69) is 25.1 Å². The summed E-state index contributed by atoms with van der Waals surface area (Å²) in [6.45, 7) is 6.68. The fraction of sp³-hybridized carbons (Fsp3) is 0.750. The first-order valence-corrected chi connectivity index (χ1v) is 5.50. The smallest absolute Gasteiger partial charge is 0.143 e. The van der Waals surface area contributed by atoms with Gasteiger partial charge in [0.15, 0.2) is 0 Å². The molecule has 3 saturated carbocycles. The molecule has 2 bridgehead atoms. The van der Waals surface area contributed by atoms with Crippen LogP contribution in [0.25, 0.3) is 0 Å². The molecular formula is C12H17NO. The van der Waals surface area contributed by atoms with Crippen molar-refractivity contribution in [3.8, 4) is 0 Å². The first-order chi connectivity index (χ1) is 6.56. The number of aromatic nitrogens is 1. The van der Waals surface area contributed by atoms with Crippen LogP contribution in [0.2, 0.25) is 0 Å². The molecule has 0 radical (unpaired) electrons. The molecule has 3 aliphatic carbocycles. The SMILES string of the molecule is Cc1cc(C23CC(C(C)C)(C2)C3)on1. The molecule has 76 valence electrons. The number of hydrogen-bond acceptors (Lipinski definition) is 2. The number of nitrogens with zero attached hydrogens (tertiary/aromatic N) is 1. The van der Waals surface area contributed by atoms with Crippen molar-refractivity contribution in [2.75, 3.05) is 0 Å². The van der Waals surface area contributed by atoms with Crippen LogP contribution in [0.4, 0.5) is 0 Å². The number of hydrogen-bond donors (Lipinski definition) is 0. The fourth-order valence-corrected chi connectivity index (χ4v) is 3.35. The summed E-state index contributed by atoms with van der Waals surface area (Å²) in [5, 5.41) is 3.98. The van der Waals surface area contributed by atoms with E-state index < -0.39 is 0 Å². The van der Waals surface area contributed by atoms with Crippen LogP contribution < -0.4 is 0 Å². The Morgan fingerprint density at radius 3 is 2.43 bits per heavy atom. The van der Waals surface area contributed by atoms with Gasteiger partial charge in [0.1, 0.15) is 5.76 Å². The number of rotatable bonds is 2. The van der Waals surface area contributed by atoms with Crippen LogP contribution in [0.3, 0.4) is 0 Å². The Labute approximate surface area is 84.7 Å². The minimum atomic E-state index is 0.394. The maximum atomic E-state index is 5.38. The third-order valence-electron chi connectivity index (χ3n) is 4.45. The van der Waals surface area contributed by atoms with Gasteiger partial charge >= 0.3 is 0 Å². The summed E-state index contributed by atoms with van der Waals surface area (Å²) in [4.78, 5) is 0. The monoisotopic (exact) mass is 191 g/mol. The molecule has 0 N–H and O–H groups in total. The molecule has 0 amide bonds. The summed E-state index contributed by atoms with van der Waals surface area (Å²) < 4.78 is 5.38. The summed E-state index contributed by atoms with van der Waals surface area (Å²) in [5.74, 6) is 1.96. The van der Waals surface area contributed by atoms with Gasteiger partial charge in [0.25, 0.3) is 0 Å². The highest BCUT2D eigenvalue weighted by Gasteiger charge is 2.70. The van der Waals surface area contributed by atoms with E-state index in [0.717, 1.165) is 17.4 Å². The summed E-state index contributed by atoms with van der Waals surface area (Å²) >= 11 is 0. The Hall–Kier alpha value is -0.790. The largest absolute Gasteiger partial charge is 0.361 e. The number of aryl methyl sites for hydroxylation is 1. The van der Waals surface area contributed by atoms with Gasteiger partial charge in [-0.3, -0.25) is 0 Å². The van der Waals surface area contributed by atoms with Gasteiger partial charge in [-0.25, -0.2) is 0 Å². The van der Waals surface area contributed by atoms with Crippen LogP contribution >= 0.6 is 0 Å². The predicted molar refractivity (Wildman–Crippen MR) is 54.0 cm³/mol. The van der Waals surface area contributed by atoms with Gasteiger partial charge in [-0.05, 0) is 37.5 Å². The lowest BCUT2D eigenvalue weighted by molar-refractivity contribution is -0.182. The molecule has 2 nitrogen and oxygen atoms in total. The second-order valence-electron chi connectivity index (χ2n) is 5.66. The summed E-state index contributed by atoms with van der Waals surface area (Å²) in [6.07, 6.45) is 3.98. The molecule has 1 aromatic heterocycles. The van der Waals surface area contributed by atoms with Gasteiger partial charge < -0.3 is 4.52 Å². The van der Waals surface area contributed by atoms with Crippen molar-refractivity contribution in [1.82, 2.24) is 5.16 Å². The lowest BCUT2D eigenvalue weighted by atomic mass is 9.32. The van der Waals surface area contributed by atoms with E-state index in [9.17, 15) is 0 Å². The molecule has 0 atom stereocenters. The van der Waals surface area contributed by atoms with Crippen molar-refractivity contribution in [1.29, 1.82) is 0 Å². The van der Waals surface area contributed by atoms with Crippen molar-refractivity contribution in [2.24, 2.45) is 11.3 Å². The Morgan fingerprint density at radius 2 is 2.00 bits per heavy atom. The standard InChI is InChI=1S/C12H17NO/c1-8(2)11-5-12(6-11,7-11)10-4-9(3)13-14-10/h4,8H,5-7H2,1-3H3. The third kappa shape index (κ3) is 0.800. The Bertz CT molecular complexity index is 358. The first-order valence-electron chi connectivity index (χ1n) is 5.50. The van der Waals surface area contributed by atoms with E-state index in [1.54, 1.807) is 0 Å². The van der Waals surface area contributed by atoms with Gasteiger partial charge in [-0.1, -0.05) is 19.0 Å². The molecular weight excluding hydrogens is 174 g/mol. The summed E-state index contributed by atoms with van der Waals surface area (Å²) in [6, 6.07) is 2.11. The first kappa shape index (κ1) is 8.51.